The van der Waals surface area contributed by atoms with Gasteiger partial charge in [-0.15, -0.1) is 11.8 Å². The first-order chi connectivity index (χ1) is 18.2. The van der Waals surface area contributed by atoms with E-state index in [9.17, 15) is 23.6 Å². The fraction of sp³-hybridized carbons (Fsp3) is 0.214. The maximum absolute atomic E-state index is 13.5. The number of aldehydes is 1. The molecule has 194 valence electrons. The SMILES string of the molecule is NC(=O)NC1(C=O)Cc2ccc(NC(=O)CN3C(=O)CC(c4ccc(F)cc4)Sc4ccccc43)cc2C1. The van der Waals surface area contributed by atoms with Crippen LogP contribution in [0.25, 0.3) is 0 Å². The fourth-order valence-electron chi connectivity index (χ4n) is 4.99. The Morgan fingerprint density at radius 2 is 1.82 bits per heavy atom. The highest BCUT2D eigenvalue weighted by atomic mass is 32.2. The van der Waals surface area contributed by atoms with Crippen LogP contribution in [0.5, 0.6) is 0 Å². The number of para-hydroxylation sites is 1. The van der Waals surface area contributed by atoms with Gasteiger partial charge in [-0.1, -0.05) is 30.3 Å². The fourth-order valence-corrected chi connectivity index (χ4v) is 6.27. The number of thioether (sulfide) groups is 1. The molecule has 0 saturated carbocycles. The number of urea groups is 1. The van der Waals surface area contributed by atoms with E-state index in [4.69, 9.17) is 5.73 Å². The largest absolute Gasteiger partial charge is 0.352 e. The van der Waals surface area contributed by atoms with Crippen LogP contribution >= 0.6 is 11.8 Å². The smallest absolute Gasteiger partial charge is 0.312 e. The molecule has 8 nitrogen and oxygen atoms in total. The Bertz CT molecular complexity index is 1430. The van der Waals surface area contributed by atoms with Gasteiger partial charge in [0.1, 0.15) is 24.2 Å². The summed E-state index contributed by atoms with van der Waals surface area (Å²) < 4.78 is 13.5. The number of halogens is 1. The summed E-state index contributed by atoms with van der Waals surface area (Å²) in [7, 11) is 0. The number of fused-ring (bicyclic) bond motifs is 2. The monoisotopic (exact) mass is 532 g/mol. The van der Waals surface area contributed by atoms with Gasteiger partial charge in [-0.3, -0.25) is 9.59 Å². The third-order valence-corrected chi connectivity index (χ3v) is 8.05. The molecule has 1 aliphatic heterocycles. The molecule has 4 N–H and O–H groups in total. The van der Waals surface area contributed by atoms with Crippen molar-refractivity contribution in [1.29, 1.82) is 0 Å². The van der Waals surface area contributed by atoms with Gasteiger partial charge in [0, 0.05) is 35.1 Å². The average Bonchev–Trinajstić information content (AvgIpc) is 3.18. The van der Waals surface area contributed by atoms with E-state index >= 15 is 0 Å². The maximum Gasteiger partial charge on any atom is 0.312 e. The number of primary amides is 1. The Hall–Kier alpha value is -4.18. The zero-order valence-electron chi connectivity index (χ0n) is 20.3. The van der Waals surface area contributed by atoms with E-state index in [-0.39, 0.29) is 42.3 Å². The van der Waals surface area contributed by atoms with Gasteiger partial charge in [-0.05, 0) is 53.1 Å². The van der Waals surface area contributed by atoms with Gasteiger partial charge in [0.15, 0.2) is 0 Å². The van der Waals surface area contributed by atoms with Gasteiger partial charge in [0.2, 0.25) is 11.8 Å². The second-order valence-corrected chi connectivity index (χ2v) is 10.7. The first-order valence-electron chi connectivity index (χ1n) is 12.0. The number of carbonyl (C=O) groups excluding carboxylic acids is 4. The number of benzene rings is 3. The van der Waals surface area contributed by atoms with Crippen molar-refractivity contribution in [2.24, 2.45) is 5.73 Å². The van der Waals surface area contributed by atoms with Gasteiger partial charge in [0.25, 0.3) is 0 Å². The van der Waals surface area contributed by atoms with Crippen LogP contribution in [-0.4, -0.2) is 36.2 Å². The highest BCUT2D eigenvalue weighted by molar-refractivity contribution is 7.99. The first-order valence-corrected chi connectivity index (χ1v) is 12.9. The number of carbonyl (C=O) groups is 4. The molecular weight excluding hydrogens is 507 g/mol. The molecule has 10 heteroatoms. The molecule has 0 aromatic heterocycles. The molecule has 38 heavy (non-hydrogen) atoms. The Labute approximate surface area is 222 Å². The second-order valence-electron chi connectivity index (χ2n) is 9.46. The molecule has 2 atom stereocenters. The number of rotatable bonds is 6. The lowest BCUT2D eigenvalue weighted by Gasteiger charge is -2.22. The van der Waals surface area contributed by atoms with E-state index in [2.05, 4.69) is 10.6 Å². The van der Waals surface area contributed by atoms with Crippen molar-refractivity contribution in [2.75, 3.05) is 16.8 Å². The van der Waals surface area contributed by atoms with Crippen molar-refractivity contribution in [3.05, 3.63) is 89.2 Å². The van der Waals surface area contributed by atoms with Crippen molar-refractivity contribution in [2.45, 2.75) is 34.9 Å². The Kier molecular flexibility index (Phi) is 6.90. The van der Waals surface area contributed by atoms with E-state index in [0.29, 0.717) is 24.1 Å². The molecule has 2 unspecified atom stereocenters. The normalized spacial score (nSPS) is 20.2. The number of anilines is 2. The predicted octanol–water partition coefficient (Wildman–Crippen LogP) is 3.74. The van der Waals surface area contributed by atoms with Crippen LogP contribution < -0.4 is 21.3 Å². The maximum atomic E-state index is 13.5. The number of nitrogens with one attached hydrogen (secondary N) is 2. The molecule has 1 heterocycles. The van der Waals surface area contributed by atoms with Crippen LogP contribution in [0.1, 0.15) is 28.4 Å². The third kappa shape index (κ3) is 5.26. The number of hydrogen-bond donors (Lipinski definition) is 3. The lowest BCUT2D eigenvalue weighted by molar-refractivity contribution is -0.121. The molecule has 4 amide bonds. The summed E-state index contributed by atoms with van der Waals surface area (Å²) in [6, 6.07) is 18.0. The summed E-state index contributed by atoms with van der Waals surface area (Å²) in [5.74, 6) is -0.938. The number of amides is 4. The minimum absolute atomic E-state index is 0.151. The van der Waals surface area contributed by atoms with Crippen LogP contribution in [0.2, 0.25) is 0 Å². The summed E-state index contributed by atoms with van der Waals surface area (Å²) in [5.41, 5.74) is 7.83. The molecule has 3 aromatic rings. The lowest BCUT2D eigenvalue weighted by Crippen LogP contribution is -2.52. The molecule has 2 aliphatic rings. The van der Waals surface area contributed by atoms with E-state index < -0.39 is 11.6 Å². The molecule has 0 fully saturated rings. The molecular formula is C28H25FN4O4S. The van der Waals surface area contributed by atoms with Crippen molar-refractivity contribution in [3.8, 4) is 0 Å². The molecule has 0 radical (unpaired) electrons. The lowest BCUT2D eigenvalue weighted by atomic mass is 9.98. The highest BCUT2D eigenvalue weighted by Crippen LogP contribution is 2.45. The van der Waals surface area contributed by atoms with Gasteiger partial charge >= 0.3 is 6.03 Å². The van der Waals surface area contributed by atoms with E-state index in [0.717, 1.165) is 21.6 Å². The van der Waals surface area contributed by atoms with Crippen molar-refractivity contribution in [1.82, 2.24) is 5.32 Å². The van der Waals surface area contributed by atoms with Gasteiger partial charge < -0.3 is 26.1 Å². The van der Waals surface area contributed by atoms with Crippen LogP contribution in [-0.2, 0) is 27.2 Å². The van der Waals surface area contributed by atoms with E-state index in [1.54, 1.807) is 36.4 Å². The van der Waals surface area contributed by atoms with E-state index in [1.807, 2.05) is 18.2 Å². The standard InChI is InChI=1S/C28H25FN4O4S/c29-20-8-5-17(6-9-20)24-12-26(36)33(22-3-1-2-4-23(22)38-24)15-25(35)31-21-10-7-18-13-28(16-34,32-27(30)37)14-19(18)11-21/h1-11,16,24H,12-15H2,(H,31,35)(H3,30,32,37). The summed E-state index contributed by atoms with van der Waals surface area (Å²) in [5, 5.41) is 5.15. The van der Waals surface area contributed by atoms with Crippen molar-refractivity contribution in [3.63, 3.8) is 0 Å². The van der Waals surface area contributed by atoms with Crippen LogP contribution in [0, 0.1) is 5.82 Å². The Morgan fingerprint density at radius 1 is 1.08 bits per heavy atom. The molecule has 3 aromatic carbocycles. The van der Waals surface area contributed by atoms with Gasteiger partial charge in [-0.25, -0.2) is 9.18 Å². The molecule has 0 saturated heterocycles. The summed E-state index contributed by atoms with van der Waals surface area (Å²) in [4.78, 5) is 51.8. The second kappa shape index (κ2) is 10.3. The van der Waals surface area contributed by atoms with Crippen molar-refractivity contribution >= 4 is 47.3 Å². The number of nitrogens with zero attached hydrogens (tertiary/aromatic N) is 1. The Balaban J connectivity index is 1.32. The van der Waals surface area contributed by atoms with Crippen LogP contribution in [0.4, 0.5) is 20.6 Å². The quantitative estimate of drug-likeness (QED) is 0.418. The summed E-state index contributed by atoms with van der Waals surface area (Å²) >= 11 is 1.51. The van der Waals surface area contributed by atoms with Crippen LogP contribution in [0.15, 0.2) is 71.6 Å². The first kappa shape index (κ1) is 25.5. The van der Waals surface area contributed by atoms with E-state index in [1.165, 1.54) is 28.8 Å². The molecule has 1 aliphatic carbocycles. The van der Waals surface area contributed by atoms with Crippen LogP contribution in [0.3, 0.4) is 0 Å². The van der Waals surface area contributed by atoms with Crippen molar-refractivity contribution < 1.29 is 23.6 Å². The molecule has 0 bridgehead atoms. The third-order valence-electron chi connectivity index (χ3n) is 6.73. The minimum atomic E-state index is -1.10. The highest BCUT2D eigenvalue weighted by Gasteiger charge is 2.38. The average molecular weight is 533 g/mol. The Morgan fingerprint density at radius 3 is 2.55 bits per heavy atom. The zero-order chi connectivity index (χ0) is 26.9. The summed E-state index contributed by atoms with van der Waals surface area (Å²) in [6.07, 6.45) is 1.42. The number of hydrogen-bond acceptors (Lipinski definition) is 5. The minimum Gasteiger partial charge on any atom is -0.352 e. The number of nitrogens with two attached hydrogens (primary N) is 1. The van der Waals surface area contributed by atoms with Gasteiger partial charge in [0.05, 0.1) is 5.69 Å². The summed E-state index contributed by atoms with van der Waals surface area (Å²) in [6.45, 7) is -0.189. The predicted molar refractivity (Wildman–Crippen MR) is 142 cm³/mol. The zero-order valence-corrected chi connectivity index (χ0v) is 21.1. The molecule has 5 rings (SSSR count). The van der Waals surface area contributed by atoms with Gasteiger partial charge in [-0.2, -0.15) is 0 Å². The topological polar surface area (TPSA) is 122 Å². The molecule has 0 spiro atoms.